The van der Waals surface area contributed by atoms with Crippen LogP contribution in [0.2, 0.25) is 0 Å². The normalized spacial score (nSPS) is 11.0. The van der Waals surface area contributed by atoms with Crippen LogP contribution in [0.3, 0.4) is 0 Å². The van der Waals surface area contributed by atoms with Gasteiger partial charge in [-0.15, -0.1) is 0 Å². The summed E-state index contributed by atoms with van der Waals surface area (Å²) in [5.74, 6) is -0.471. The standard InChI is InChI=1S/C25H16BrNO7/c1-32-21-11-10-16(14-19(21)26)24-25(23(29)18-7-2-3-8-20(18)33-24)34-22(28)12-9-15-5-4-6-17(13-15)27(30)31/h2-14H,1H3. The molecule has 4 rings (SSSR count). The van der Waals surface area contributed by atoms with Crippen molar-refractivity contribution in [3.05, 3.63) is 103 Å². The lowest BCUT2D eigenvalue weighted by atomic mass is 10.1. The number of benzene rings is 3. The lowest BCUT2D eigenvalue weighted by Gasteiger charge is -2.11. The number of non-ortho nitro benzene ring substituents is 1. The molecule has 0 unspecified atom stereocenters. The van der Waals surface area contributed by atoms with Gasteiger partial charge in [0.1, 0.15) is 11.3 Å². The second kappa shape index (κ2) is 9.72. The molecule has 0 amide bonds. The summed E-state index contributed by atoms with van der Waals surface area (Å²) in [6.07, 6.45) is 2.45. The van der Waals surface area contributed by atoms with Gasteiger partial charge in [-0.05, 0) is 57.9 Å². The zero-order chi connectivity index (χ0) is 24.2. The first-order valence-electron chi connectivity index (χ1n) is 9.91. The number of carbonyl (C=O) groups is 1. The number of rotatable bonds is 6. The minimum atomic E-state index is -0.845. The third-order valence-corrected chi connectivity index (χ3v) is 5.49. The molecule has 0 bridgehead atoms. The van der Waals surface area contributed by atoms with E-state index in [9.17, 15) is 19.7 Å². The molecule has 0 aliphatic rings. The van der Waals surface area contributed by atoms with Crippen LogP contribution in [0, 0.1) is 10.1 Å². The van der Waals surface area contributed by atoms with Crippen LogP contribution in [-0.4, -0.2) is 18.0 Å². The quantitative estimate of drug-likeness (QED) is 0.137. The second-order valence-corrected chi connectivity index (χ2v) is 7.90. The summed E-state index contributed by atoms with van der Waals surface area (Å²) in [4.78, 5) is 36.2. The van der Waals surface area contributed by atoms with E-state index in [2.05, 4.69) is 15.9 Å². The van der Waals surface area contributed by atoms with Gasteiger partial charge in [0.05, 0.1) is 21.9 Å². The first kappa shape index (κ1) is 22.9. The number of hydrogen-bond acceptors (Lipinski definition) is 7. The number of fused-ring (bicyclic) bond motifs is 1. The number of nitro benzene ring substituents is 1. The van der Waals surface area contributed by atoms with Crippen LogP contribution in [0.15, 0.2) is 86.5 Å². The number of para-hydroxylation sites is 1. The Labute approximate surface area is 201 Å². The van der Waals surface area contributed by atoms with E-state index < -0.39 is 16.3 Å². The summed E-state index contributed by atoms with van der Waals surface area (Å²) in [5, 5.41) is 11.2. The molecule has 0 saturated heterocycles. The molecular formula is C25H16BrNO7. The van der Waals surface area contributed by atoms with E-state index in [1.165, 1.54) is 31.4 Å². The summed E-state index contributed by atoms with van der Waals surface area (Å²) in [7, 11) is 1.52. The summed E-state index contributed by atoms with van der Waals surface area (Å²) >= 11 is 3.40. The number of nitro groups is 1. The van der Waals surface area contributed by atoms with Crippen molar-refractivity contribution in [3.63, 3.8) is 0 Å². The van der Waals surface area contributed by atoms with Crippen LogP contribution in [0.5, 0.6) is 11.5 Å². The molecular weight excluding hydrogens is 506 g/mol. The zero-order valence-corrected chi connectivity index (χ0v) is 19.3. The van der Waals surface area contributed by atoms with Gasteiger partial charge in [0, 0.05) is 23.8 Å². The minimum Gasteiger partial charge on any atom is -0.496 e. The molecule has 0 saturated carbocycles. The van der Waals surface area contributed by atoms with Crippen molar-refractivity contribution in [2.75, 3.05) is 7.11 Å². The Hall–Kier alpha value is -4.24. The Morgan fingerprint density at radius 2 is 1.88 bits per heavy atom. The number of ether oxygens (including phenoxy) is 2. The molecule has 0 aliphatic carbocycles. The van der Waals surface area contributed by atoms with E-state index in [0.29, 0.717) is 26.9 Å². The number of methoxy groups -OCH3 is 1. The van der Waals surface area contributed by atoms with Gasteiger partial charge in [0.25, 0.3) is 5.69 Å². The van der Waals surface area contributed by atoms with Crippen molar-refractivity contribution in [2.45, 2.75) is 0 Å². The molecule has 34 heavy (non-hydrogen) atoms. The second-order valence-electron chi connectivity index (χ2n) is 7.04. The Bertz CT molecular complexity index is 1510. The van der Waals surface area contributed by atoms with Crippen LogP contribution < -0.4 is 14.9 Å². The van der Waals surface area contributed by atoms with Crippen LogP contribution >= 0.6 is 15.9 Å². The van der Waals surface area contributed by atoms with Gasteiger partial charge in [-0.3, -0.25) is 14.9 Å². The van der Waals surface area contributed by atoms with Crippen molar-refractivity contribution < 1.29 is 23.6 Å². The molecule has 1 aromatic heterocycles. The van der Waals surface area contributed by atoms with Gasteiger partial charge in [-0.25, -0.2) is 4.79 Å². The lowest BCUT2D eigenvalue weighted by molar-refractivity contribution is -0.384. The SMILES string of the molecule is COc1ccc(-c2oc3ccccc3c(=O)c2OC(=O)C=Cc2cccc([N+](=O)[O-])c2)cc1Br. The molecule has 1 heterocycles. The Morgan fingerprint density at radius 1 is 1.09 bits per heavy atom. The largest absolute Gasteiger partial charge is 0.496 e. The average Bonchev–Trinajstić information content (AvgIpc) is 2.84. The van der Waals surface area contributed by atoms with Crippen LogP contribution in [-0.2, 0) is 4.79 Å². The highest BCUT2D eigenvalue weighted by Crippen LogP contribution is 2.35. The number of carbonyl (C=O) groups excluding carboxylic acids is 1. The summed E-state index contributed by atoms with van der Waals surface area (Å²) in [5.41, 5.74) is 0.623. The van der Waals surface area contributed by atoms with Crippen molar-refractivity contribution in [3.8, 4) is 22.8 Å². The Balaban J connectivity index is 1.74. The number of esters is 1. The van der Waals surface area contributed by atoms with E-state index in [-0.39, 0.29) is 22.6 Å². The first-order valence-corrected chi connectivity index (χ1v) is 10.7. The third kappa shape index (κ3) is 4.74. The van der Waals surface area contributed by atoms with Gasteiger partial charge in [0.15, 0.2) is 5.76 Å². The molecule has 0 fully saturated rings. The average molecular weight is 522 g/mol. The number of nitrogens with zero attached hydrogens (tertiary/aromatic N) is 1. The molecule has 3 aromatic carbocycles. The summed E-state index contributed by atoms with van der Waals surface area (Å²) in [6, 6.07) is 17.4. The van der Waals surface area contributed by atoms with E-state index in [4.69, 9.17) is 13.9 Å². The van der Waals surface area contributed by atoms with Crippen molar-refractivity contribution in [1.29, 1.82) is 0 Å². The predicted molar refractivity (Wildman–Crippen MR) is 130 cm³/mol. The Kier molecular flexibility index (Phi) is 6.55. The fraction of sp³-hybridized carbons (Fsp3) is 0.0400. The first-order chi connectivity index (χ1) is 16.4. The third-order valence-electron chi connectivity index (χ3n) is 4.87. The molecule has 9 heteroatoms. The highest BCUT2D eigenvalue weighted by molar-refractivity contribution is 9.10. The molecule has 170 valence electrons. The van der Waals surface area contributed by atoms with Gasteiger partial charge >= 0.3 is 5.97 Å². The zero-order valence-electron chi connectivity index (χ0n) is 17.7. The van der Waals surface area contributed by atoms with Gasteiger partial charge in [-0.2, -0.15) is 0 Å². The molecule has 0 radical (unpaired) electrons. The molecule has 4 aromatic rings. The topological polar surface area (TPSA) is 109 Å². The van der Waals surface area contributed by atoms with E-state index in [0.717, 1.165) is 6.08 Å². The van der Waals surface area contributed by atoms with Crippen molar-refractivity contribution in [2.24, 2.45) is 0 Å². The predicted octanol–water partition coefficient (Wildman–Crippen LogP) is 5.76. The lowest BCUT2D eigenvalue weighted by Crippen LogP contribution is -2.14. The van der Waals surface area contributed by atoms with E-state index >= 15 is 0 Å². The van der Waals surface area contributed by atoms with Crippen LogP contribution in [0.1, 0.15) is 5.56 Å². The smallest absolute Gasteiger partial charge is 0.336 e. The van der Waals surface area contributed by atoms with E-state index in [1.54, 1.807) is 48.5 Å². The molecule has 0 atom stereocenters. The fourth-order valence-corrected chi connectivity index (χ4v) is 3.80. The maximum absolute atomic E-state index is 13.2. The monoisotopic (exact) mass is 521 g/mol. The maximum Gasteiger partial charge on any atom is 0.336 e. The molecule has 0 N–H and O–H groups in total. The minimum absolute atomic E-state index is 0.0733. The highest BCUT2D eigenvalue weighted by atomic mass is 79.9. The van der Waals surface area contributed by atoms with Gasteiger partial charge in [0.2, 0.25) is 11.2 Å². The maximum atomic E-state index is 13.2. The van der Waals surface area contributed by atoms with Gasteiger partial charge in [-0.1, -0.05) is 24.3 Å². The molecule has 0 aliphatic heterocycles. The fourth-order valence-electron chi connectivity index (χ4n) is 3.26. The van der Waals surface area contributed by atoms with E-state index in [1.807, 2.05) is 0 Å². The van der Waals surface area contributed by atoms with Crippen molar-refractivity contribution >= 4 is 44.6 Å². The summed E-state index contributed by atoms with van der Waals surface area (Å²) < 4.78 is 17.2. The number of hydrogen-bond donors (Lipinski definition) is 0. The van der Waals surface area contributed by atoms with Crippen LogP contribution in [0.4, 0.5) is 5.69 Å². The van der Waals surface area contributed by atoms with Gasteiger partial charge < -0.3 is 13.9 Å². The Morgan fingerprint density at radius 3 is 2.62 bits per heavy atom. The number of halogens is 1. The van der Waals surface area contributed by atoms with Crippen LogP contribution in [0.25, 0.3) is 28.4 Å². The van der Waals surface area contributed by atoms with Crippen molar-refractivity contribution in [1.82, 2.24) is 0 Å². The molecule has 8 nitrogen and oxygen atoms in total. The highest BCUT2D eigenvalue weighted by Gasteiger charge is 2.20. The molecule has 0 spiro atoms. The summed E-state index contributed by atoms with van der Waals surface area (Å²) in [6.45, 7) is 0.